The van der Waals surface area contributed by atoms with Crippen molar-refractivity contribution in [1.82, 2.24) is 14.8 Å². The molecule has 1 aromatic carbocycles. The SMILES string of the molecule is C=CCOC[C@H]1[C@@H]2CCCCN2C(=O)c2c(O)c(=O)c(C(=O)NCc3ccc(F)c(Cl)c3F)cn21. The maximum atomic E-state index is 14.2. The van der Waals surface area contributed by atoms with Crippen molar-refractivity contribution in [3.63, 3.8) is 0 Å². The van der Waals surface area contributed by atoms with Crippen LogP contribution >= 0.6 is 11.6 Å². The van der Waals surface area contributed by atoms with Crippen LogP contribution in [0.25, 0.3) is 0 Å². The Morgan fingerprint density at radius 1 is 1.31 bits per heavy atom. The van der Waals surface area contributed by atoms with Gasteiger partial charge in [-0.1, -0.05) is 23.7 Å². The van der Waals surface area contributed by atoms with Crippen molar-refractivity contribution < 1.29 is 28.2 Å². The lowest BCUT2D eigenvalue weighted by Crippen LogP contribution is -2.55. The number of carbonyl (C=O) groups excluding carboxylic acids is 2. The molecule has 186 valence electrons. The third-order valence-corrected chi connectivity index (χ3v) is 6.69. The predicted molar refractivity (Wildman–Crippen MR) is 124 cm³/mol. The molecule has 4 rings (SSSR count). The Morgan fingerprint density at radius 3 is 2.83 bits per heavy atom. The second-order valence-corrected chi connectivity index (χ2v) is 8.83. The Hall–Kier alpha value is -3.24. The van der Waals surface area contributed by atoms with Gasteiger partial charge in [0.1, 0.15) is 22.2 Å². The first-order valence-corrected chi connectivity index (χ1v) is 11.5. The molecule has 3 heterocycles. The maximum absolute atomic E-state index is 14.2. The summed E-state index contributed by atoms with van der Waals surface area (Å²) in [5.74, 6) is -4.19. The lowest BCUT2D eigenvalue weighted by atomic mass is 9.91. The normalized spacial score (nSPS) is 19.2. The van der Waals surface area contributed by atoms with E-state index in [1.165, 1.54) is 10.8 Å². The summed E-state index contributed by atoms with van der Waals surface area (Å²) in [4.78, 5) is 40.5. The molecule has 1 fully saturated rings. The summed E-state index contributed by atoms with van der Waals surface area (Å²) in [5.41, 5.74) is -1.74. The summed E-state index contributed by atoms with van der Waals surface area (Å²) >= 11 is 5.58. The van der Waals surface area contributed by atoms with Gasteiger partial charge < -0.3 is 24.6 Å². The zero-order valence-electron chi connectivity index (χ0n) is 18.7. The number of nitrogens with zero attached hydrogens (tertiary/aromatic N) is 2. The summed E-state index contributed by atoms with van der Waals surface area (Å²) in [6, 6.07) is 1.40. The Balaban J connectivity index is 1.69. The minimum atomic E-state index is -1.03. The molecular weight excluding hydrogens is 484 g/mol. The average molecular weight is 508 g/mol. The fourth-order valence-corrected chi connectivity index (χ4v) is 4.81. The molecule has 0 radical (unpaired) electrons. The number of fused-ring (bicyclic) bond motifs is 2. The predicted octanol–water partition coefficient (Wildman–Crippen LogP) is 3.17. The summed E-state index contributed by atoms with van der Waals surface area (Å²) in [5, 5.41) is 12.4. The summed E-state index contributed by atoms with van der Waals surface area (Å²) in [6.07, 6.45) is 5.21. The fourth-order valence-electron chi connectivity index (χ4n) is 4.62. The lowest BCUT2D eigenvalue weighted by Gasteiger charge is -2.45. The molecule has 1 aromatic heterocycles. The highest BCUT2D eigenvalue weighted by molar-refractivity contribution is 6.30. The quantitative estimate of drug-likeness (QED) is 0.340. The molecule has 0 bridgehead atoms. The third kappa shape index (κ3) is 4.55. The second kappa shape index (κ2) is 10.2. The van der Waals surface area contributed by atoms with Gasteiger partial charge >= 0.3 is 0 Å². The van der Waals surface area contributed by atoms with E-state index >= 15 is 0 Å². The van der Waals surface area contributed by atoms with Crippen LogP contribution < -0.4 is 10.7 Å². The minimum Gasteiger partial charge on any atom is -0.503 e. The summed E-state index contributed by atoms with van der Waals surface area (Å²) < 4.78 is 34.7. The number of carbonyl (C=O) groups is 2. The number of rotatable bonds is 7. The van der Waals surface area contributed by atoms with Gasteiger partial charge in [0.2, 0.25) is 5.43 Å². The monoisotopic (exact) mass is 507 g/mol. The first-order chi connectivity index (χ1) is 16.8. The molecule has 2 aliphatic rings. The zero-order valence-corrected chi connectivity index (χ0v) is 19.5. The number of benzene rings is 1. The van der Waals surface area contributed by atoms with E-state index in [-0.39, 0.29) is 37.1 Å². The molecule has 0 spiro atoms. The number of aromatic hydroxyl groups is 1. The second-order valence-electron chi connectivity index (χ2n) is 8.45. The van der Waals surface area contributed by atoms with Crippen LogP contribution in [0.4, 0.5) is 8.78 Å². The van der Waals surface area contributed by atoms with Crippen LogP contribution in [-0.2, 0) is 11.3 Å². The van der Waals surface area contributed by atoms with Gasteiger partial charge in [0.15, 0.2) is 11.4 Å². The van der Waals surface area contributed by atoms with E-state index in [2.05, 4.69) is 11.9 Å². The van der Waals surface area contributed by atoms with E-state index in [9.17, 15) is 28.3 Å². The standard InChI is InChI=1S/C24H24ClF2N3O5/c1-2-9-35-12-17-16-5-3-4-8-29(16)24(34)20-22(32)21(31)14(11-30(17)20)23(33)28-10-13-6-7-15(26)18(25)19(13)27/h2,6-7,11,16-17,32H,1,3-5,8-10,12H2,(H,28,33)/t16-,17-/m0/s1. The molecule has 0 saturated carbocycles. The highest BCUT2D eigenvalue weighted by atomic mass is 35.5. The van der Waals surface area contributed by atoms with Crippen LogP contribution in [0.15, 0.2) is 35.8 Å². The molecule has 11 heteroatoms. The highest BCUT2D eigenvalue weighted by Gasteiger charge is 2.43. The molecule has 8 nitrogen and oxygen atoms in total. The molecule has 35 heavy (non-hydrogen) atoms. The zero-order chi connectivity index (χ0) is 25.3. The van der Waals surface area contributed by atoms with Gasteiger partial charge in [0, 0.05) is 24.8 Å². The van der Waals surface area contributed by atoms with Crippen LogP contribution in [0.3, 0.4) is 0 Å². The number of amides is 2. The van der Waals surface area contributed by atoms with Gasteiger partial charge in [-0.05, 0) is 25.3 Å². The number of aromatic nitrogens is 1. The Bertz CT molecular complexity index is 1250. The molecule has 0 unspecified atom stereocenters. The molecule has 2 N–H and O–H groups in total. The summed E-state index contributed by atoms with van der Waals surface area (Å²) in [6.45, 7) is 4.15. The lowest BCUT2D eigenvalue weighted by molar-refractivity contribution is 0.0206. The van der Waals surface area contributed by atoms with E-state index in [1.807, 2.05) is 0 Å². The molecule has 1 saturated heterocycles. The molecule has 2 aliphatic heterocycles. The molecule has 2 amide bonds. The van der Waals surface area contributed by atoms with Crippen LogP contribution in [0.1, 0.15) is 51.7 Å². The largest absolute Gasteiger partial charge is 0.503 e. The van der Waals surface area contributed by atoms with E-state index < -0.39 is 51.3 Å². The molecule has 2 atom stereocenters. The van der Waals surface area contributed by atoms with Crippen LogP contribution in [0, 0.1) is 11.6 Å². The van der Waals surface area contributed by atoms with Crippen molar-refractivity contribution in [2.75, 3.05) is 19.8 Å². The van der Waals surface area contributed by atoms with Crippen molar-refractivity contribution in [2.24, 2.45) is 0 Å². The van der Waals surface area contributed by atoms with Crippen molar-refractivity contribution in [3.05, 3.63) is 74.7 Å². The van der Waals surface area contributed by atoms with Gasteiger partial charge in [-0.2, -0.15) is 0 Å². The van der Waals surface area contributed by atoms with E-state index in [0.29, 0.717) is 13.0 Å². The fraction of sp³-hybridized carbons (Fsp3) is 0.375. The number of hydrogen-bond donors (Lipinski definition) is 2. The van der Waals surface area contributed by atoms with Gasteiger partial charge in [0.25, 0.3) is 11.8 Å². The topological polar surface area (TPSA) is 101 Å². The van der Waals surface area contributed by atoms with Crippen molar-refractivity contribution in [3.8, 4) is 5.75 Å². The number of hydrogen-bond acceptors (Lipinski definition) is 5. The van der Waals surface area contributed by atoms with Gasteiger partial charge in [0.05, 0.1) is 25.3 Å². The molecule has 0 aliphatic carbocycles. The number of piperidine rings is 1. The van der Waals surface area contributed by atoms with Gasteiger partial charge in [-0.3, -0.25) is 14.4 Å². The first-order valence-electron chi connectivity index (χ1n) is 11.1. The van der Waals surface area contributed by atoms with E-state index in [4.69, 9.17) is 16.3 Å². The molecule has 2 aromatic rings. The van der Waals surface area contributed by atoms with Crippen molar-refractivity contribution in [2.45, 2.75) is 37.9 Å². The Kier molecular flexibility index (Phi) is 7.23. The third-order valence-electron chi connectivity index (χ3n) is 6.35. The number of nitrogens with one attached hydrogen (secondary N) is 1. The van der Waals surface area contributed by atoms with Gasteiger partial charge in [-0.25, -0.2) is 8.78 Å². The van der Waals surface area contributed by atoms with Gasteiger partial charge in [-0.15, -0.1) is 6.58 Å². The Labute approximate surface area is 204 Å². The van der Waals surface area contributed by atoms with E-state index in [0.717, 1.165) is 25.0 Å². The molecular formula is C24H24ClF2N3O5. The van der Waals surface area contributed by atoms with Crippen LogP contribution in [0.5, 0.6) is 5.75 Å². The number of pyridine rings is 1. The summed E-state index contributed by atoms with van der Waals surface area (Å²) in [7, 11) is 0. The van der Waals surface area contributed by atoms with Crippen LogP contribution in [-0.4, -0.2) is 52.2 Å². The van der Waals surface area contributed by atoms with Crippen molar-refractivity contribution in [1.29, 1.82) is 0 Å². The average Bonchev–Trinajstić information content (AvgIpc) is 2.85. The first kappa shape index (κ1) is 24.9. The maximum Gasteiger partial charge on any atom is 0.274 e. The minimum absolute atomic E-state index is 0.0873. The van der Waals surface area contributed by atoms with Crippen molar-refractivity contribution >= 4 is 23.4 Å². The Morgan fingerprint density at radius 2 is 2.09 bits per heavy atom. The number of ether oxygens (including phenoxy) is 1. The number of halogens is 3. The highest BCUT2D eigenvalue weighted by Crippen LogP contribution is 2.36. The van der Waals surface area contributed by atoms with Crippen LogP contribution in [0.2, 0.25) is 5.02 Å². The smallest absolute Gasteiger partial charge is 0.274 e. The van der Waals surface area contributed by atoms with E-state index in [1.54, 1.807) is 11.0 Å².